The van der Waals surface area contributed by atoms with Crippen LogP contribution < -0.4 is 36.2 Å². The van der Waals surface area contributed by atoms with Crippen LogP contribution in [-0.2, 0) is 91.7 Å². The summed E-state index contributed by atoms with van der Waals surface area (Å²) in [6.07, 6.45) is 0. The zero-order valence-electron chi connectivity index (χ0n) is 40.3. The Kier molecular flexibility index (Phi) is 17.1. The van der Waals surface area contributed by atoms with Crippen LogP contribution in [0, 0.1) is 6.92 Å². The van der Waals surface area contributed by atoms with Crippen molar-refractivity contribution in [3.63, 3.8) is 0 Å². The molecule has 26 nitrogen and oxygen atoms in total. The van der Waals surface area contributed by atoms with Crippen molar-refractivity contribution in [1.82, 2.24) is 9.78 Å². The second-order valence-electron chi connectivity index (χ2n) is 14.9. The molecule has 0 atom stereocenters. The molecule has 33 heteroatoms. The summed E-state index contributed by atoms with van der Waals surface area (Å²) in [5.74, 6) is -6.22. The molecule has 0 saturated heterocycles. The smallest absolute Gasteiger partial charge is 0.871 e. The number of benzene rings is 7. The Hall–Kier alpha value is -6.93. The standard InChI is InChI=1S/C42H30N8O18S4.3Cu/c1-19-36(42(56)50(49-19)23-5-3-2-4-6-23)46-43-27-10-7-20(14-30(27)51)21-8-11-28(31(52)15-21)44-47-37-34(72(66,67)68)18-26-25(40(37)54)9-12-29(39(26)53)45-48-38-33(71(63,64)65)16-22-13-24(69(57,58)59)17-32(70(60,61)62)35(22)41(38)55;;;/h2-18H,1H3,(H10,43,44,45,46,47,48,49,51,52,53,54,55,56,57,58,59,60,61,62,63,64,65,66,67,68);;;/q;3*+2/p-6. The molecule has 0 fully saturated rings. The van der Waals surface area contributed by atoms with Gasteiger partial charge in [0.1, 0.15) is 46.2 Å². The second kappa shape index (κ2) is 21.7. The molecule has 8 aromatic rings. The van der Waals surface area contributed by atoms with Gasteiger partial charge in [0.05, 0.1) is 48.0 Å². The van der Waals surface area contributed by atoms with Crippen LogP contribution in [0.15, 0.2) is 158 Å². The molecule has 0 aliphatic heterocycles. The molecule has 0 saturated carbocycles. The number of nitrogens with zero attached hydrogens (tertiary/aromatic N) is 8. The molecule has 8 rings (SSSR count). The van der Waals surface area contributed by atoms with Gasteiger partial charge in [0, 0.05) is 5.69 Å². The van der Waals surface area contributed by atoms with E-state index < -0.39 is 139 Å². The van der Waals surface area contributed by atoms with Gasteiger partial charge >= 0.3 is 56.9 Å². The molecular weight excluding hydrogens is 1220 g/mol. The van der Waals surface area contributed by atoms with Crippen LogP contribution >= 0.6 is 0 Å². The number of hydrogen-bond donors (Lipinski definition) is 0. The largest absolute Gasteiger partial charge is 2.00 e. The number of azo groups is 3. The van der Waals surface area contributed by atoms with Crippen LogP contribution in [0.3, 0.4) is 0 Å². The fraction of sp³-hybridized carbons (Fsp3) is 0.0238. The van der Waals surface area contributed by atoms with E-state index >= 15 is 0 Å². The number of para-hydroxylation sites is 1. The predicted molar refractivity (Wildman–Crippen MR) is 236 cm³/mol. The van der Waals surface area contributed by atoms with Crippen LogP contribution in [-0.4, -0.2) is 56.6 Å². The van der Waals surface area contributed by atoms with Crippen molar-refractivity contribution in [1.29, 1.82) is 0 Å². The molecule has 0 amide bonds. The van der Waals surface area contributed by atoms with E-state index in [9.17, 15) is 82.2 Å². The Balaban J connectivity index is 0.00000446. The molecule has 75 heavy (non-hydrogen) atoms. The second-order valence-corrected chi connectivity index (χ2v) is 20.3. The Morgan fingerprint density at radius 3 is 1.47 bits per heavy atom. The minimum atomic E-state index is -5.83. The number of rotatable bonds is 12. The monoisotopic (exact) mass is 1240 g/mol. The van der Waals surface area contributed by atoms with Crippen LogP contribution in [0.25, 0.3) is 38.4 Å². The van der Waals surface area contributed by atoms with E-state index in [0.717, 1.165) is 28.9 Å². The summed E-state index contributed by atoms with van der Waals surface area (Å²) in [7, 11) is -23.0. The normalized spacial score (nSPS) is 12.3. The van der Waals surface area contributed by atoms with Crippen molar-refractivity contribution in [2.45, 2.75) is 26.5 Å². The maximum absolute atomic E-state index is 13.6. The van der Waals surface area contributed by atoms with Gasteiger partial charge in [-0.3, -0.25) is 4.79 Å². The van der Waals surface area contributed by atoms with Gasteiger partial charge in [0.15, 0.2) is 0 Å². The molecule has 1 heterocycles. The number of hydrogen-bond acceptors (Lipinski definition) is 24. The molecule has 3 radical (unpaired) electrons. The van der Waals surface area contributed by atoms with Crippen LogP contribution in [0.4, 0.5) is 34.1 Å². The third kappa shape index (κ3) is 11.8. The first-order valence-corrected chi connectivity index (χ1v) is 25.1. The molecule has 0 unspecified atom stereocenters. The fourth-order valence-corrected chi connectivity index (χ4v) is 9.60. The van der Waals surface area contributed by atoms with Gasteiger partial charge in [0.25, 0.3) is 5.56 Å². The Morgan fingerprint density at radius 1 is 0.480 bits per heavy atom. The van der Waals surface area contributed by atoms with Crippen molar-refractivity contribution in [3.05, 3.63) is 119 Å². The third-order valence-electron chi connectivity index (χ3n) is 10.3. The Labute approximate surface area is 459 Å². The van der Waals surface area contributed by atoms with Crippen molar-refractivity contribution in [2.24, 2.45) is 30.7 Å². The van der Waals surface area contributed by atoms with Gasteiger partial charge in [-0.2, -0.15) is 15.3 Å². The summed E-state index contributed by atoms with van der Waals surface area (Å²) in [5, 5.41) is 89.0. The van der Waals surface area contributed by atoms with E-state index in [0.29, 0.717) is 23.9 Å². The minimum Gasteiger partial charge on any atom is -0.871 e. The number of aryl methyl sites for hydroxylation is 1. The first-order chi connectivity index (χ1) is 33.6. The number of aromatic nitrogens is 2. The first kappa shape index (κ1) is 59.0. The molecule has 0 bridgehead atoms. The topological polar surface area (TPSA) is 454 Å². The van der Waals surface area contributed by atoms with E-state index in [1.165, 1.54) is 25.1 Å². The molecule has 0 aliphatic carbocycles. The van der Waals surface area contributed by atoms with E-state index in [1.54, 1.807) is 30.3 Å². The first-order valence-electron chi connectivity index (χ1n) is 19.5. The SMILES string of the molecule is Cc1[n-]n(-c2ccccc2)c(=O)c1N=Nc1ccc(-c2ccc(N=Nc3c(S(=O)(=O)[O-])cc4c([O-])c(N=Nc5c(S(=O)(=O)[O-])cc6cc(S(=O)(=O)[O-])cc(S(=O)(=O)[O-])c6c5[O-])ccc4c3[O-])c([O-])c2)cc1[O-].[Cu+2].[Cu+2].[Cu+2].[H+].[H+].[H+].[H+]. The number of fused-ring (bicyclic) bond motifs is 2. The minimum absolute atomic E-state index is 0. The van der Waals surface area contributed by atoms with Gasteiger partial charge in [-0.05, 0) is 87.3 Å². The van der Waals surface area contributed by atoms with Gasteiger partial charge in [-0.1, -0.05) is 84.2 Å². The van der Waals surface area contributed by atoms with Gasteiger partial charge in [-0.25, -0.2) is 33.7 Å². The molecular formula is C42H24Cu3N8O18S4. The summed E-state index contributed by atoms with van der Waals surface area (Å²) >= 11 is 0. The Bertz CT molecular complexity index is 4300. The molecule has 0 N–H and O–H groups in total. The molecule has 0 aliphatic rings. The van der Waals surface area contributed by atoms with Gasteiger partial charge in [0.2, 0.25) is 0 Å². The summed E-state index contributed by atoms with van der Waals surface area (Å²) in [6, 6.07) is 18.1. The van der Waals surface area contributed by atoms with Crippen molar-refractivity contribution < 1.29 is 134 Å². The maximum atomic E-state index is 13.6. The van der Waals surface area contributed by atoms with Crippen LogP contribution in [0.2, 0.25) is 0 Å². The van der Waals surface area contributed by atoms with E-state index in [4.69, 9.17) is 0 Å². The summed E-state index contributed by atoms with van der Waals surface area (Å²) in [5.41, 5.74) is -3.90. The van der Waals surface area contributed by atoms with E-state index in [2.05, 4.69) is 35.8 Å². The summed E-state index contributed by atoms with van der Waals surface area (Å²) in [4.78, 5) is 6.84. The van der Waals surface area contributed by atoms with Crippen LogP contribution in [0.1, 0.15) is 11.4 Å². The third-order valence-corrected chi connectivity index (χ3v) is 13.7. The summed E-state index contributed by atoms with van der Waals surface area (Å²) in [6.45, 7) is 1.54. The predicted octanol–water partition coefficient (Wildman–Crippen LogP) is 3.75. The van der Waals surface area contributed by atoms with Crippen molar-refractivity contribution >= 4 is 96.1 Å². The summed E-state index contributed by atoms with van der Waals surface area (Å²) < 4.78 is 146. The zero-order valence-corrected chi connectivity index (χ0v) is 42.4. The maximum Gasteiger partial charge on any atom is 2.00 e. The van der Waals surface area contributed by atoms with Crippen molar-refractivity contribution in [3.8, 4) is 45.6 Å². The molecule has 397 valence electrons. The average Bonchev–Trinajstić information content (AvgIpc) is 3.58. The van der Waals surface area contributed by atoms with Gasteiger partial charge < -0.3 is 53.5 Å². The molecule has 1 aromatic heterocycles. The van der Waals surface area contributed by atoms with Crippen molar-refractivity contribution in [2.75, 3.05) is 0 Å². The Morgan fingerprint density at radius 2 is 0.960 bits per heavy atom. The average molecular weight is 1250 g/mol. The fourth-order valence-electron chi connectivity index (χ4n) is 6.99. The zero-order chi connectivity index (χ0) is 52.4. The molecule has 7 aromatic carbocycles. The quantitative estimate of drug-likeness (QED) is 0.0954. The van der Waals surface area contributed by atoms with Gasteiger partial charge in [-0.15, -0.1) is 21.0 Å². The van der Waals surface area contributed by atoms with E-state index in [-0.39, 0.29) is 97.2 Å². The molecule has 0 spiro atoms. The van der Waals surface area contributed by atoms with Crippen LogP contribution in [0.5, 0.6) is 28.7 Å². The van der Waals surface area contributed by atoms with E-state index in [1.807, 2.05) is 0 Å².